The Kier molecular flexibility index (Phi) is 9.91. The van der Waals surface area contributed by atoms with Crippen LogP contribution in [0.25, 0.3) is 0 Å². The number of piperazine rings is 1. The van der Waals surface area contributed by atoms with E-state index in [1.54, 1.807) is 0 Å². The van der Waals surface area contributed by atoms with Crippen molar-refractivity contribution in [1.82, 2.24) is 25.3 Å². The Labute approximate surface area is 187 Å². The highest BCUT2D eigenvalue weighted by Crippen LogP contribution is 2.27. The summed E-state index contributed by atoms with van der Waals surface area (Å²) in [7, 11) is 0. The predicted molar refractivity (Wildman–Crippen MR) is 130 cm³/mol. The van der Waals surface area contributed by atoms with E-state index < -0.39 is 0 Å². The second kappa shape index (κ2) is 12.6. The number of likely N-dealkylation sites (N-methyl/N-ethyl adjacent to an activating group) is 1. The van der Waals surface area contributed by atoms with Crippen molar-refractivity contribution in [1.29, 1.82) is 0 Å². The summed E-state index contributed by atoms with van der Waals surface area (Å²) >= 11 is 1.87. The van der Waals surface area contributed by atoms with Crippen LogP contribution in [0.15, 0.2) is 22.5 Å². The van der Waals surface area contributed by atoms with Gasteiger partial charge in [-0.15, -0.1) is 11.3 Å². The van der Waals surface area contributed by atoms with Crippen LogP contribution >= 0.6 is 11.3 Å². The normalized spacial score (nSPS) is 21.6. The maximum Gasteiger partial charge on any atom is 0.191 e. The van der Waals surface area contributed by atoms with Gasteiger partial charge in [0, 0.05) is 57.2 Å². The average Bonchev–Trinajstić information content (AvgIpc) is 3.48. The largest absolute Gasteiger partial charge is 0.357 e. The summed E-state index contributed by atoms with van der Waals surface area (Å²) in [6.07, 6.45) is 2.64. The fourth-order valence-corrected chi connectivity index (χ4v) is 5.37. The van der Waals surface area contributed by atoms with Crippen molar-refractivity contribution >= 4 is 17.3 Å². The van der Waals surface area contributed by atoms with E-state index in [2.05, 4.69) is 63.6 Å². The quantitative estimate of drug-likeness (QED) is 0.438. The lowest BCUT2D eigenvalue weighted by molar-refractivity contribution is 0.125. The predicted octanol–water partition coefficient (Wildman–Crippen LogP) is 2.71. The molecular weight excluding hydrogens is 392 g/mol. The summed E-state index contributed by atoms with van der Waals surface area (Å²) in [6.45, 7) is 19.0. The third-order valence-electron chi connectivity index (χ3n) is 6.30. The molecule has 2 unspecified atom stereocenters. The first-order chi connectivity index (χ1) is 14.7. The van der Waals surface area contributed by atoms with Gasteiger partial charge in [0.1, 0.15) is 0 Å². The van der Waals surface area contributed by atoms with Crippen LogP contribution in [0.3, 0.4) is 0 Å². The van der Waals surface area contributed by atoms with Gasteiger partial charge >= 0.3 is 0 Å². The summed E-state index contributed by atoms with van der Waals surface area (Å²) in [5.41, 5.74) is 0. The van der Waals surface area contributed by atoms with E-state index in [9.17, 15) is 0 Å². The van der Waals surface area contributed by atoms with E-state index in [0.717, 1.165) is 32.1 Å². The molecule has 0 aliphatic carbocycles. The molecule has 7 heteroatoms. The molecule has 2 fully saturated rings. The Morgan fingerprint density at radius 3 is 2.43 bits per heavy atom. The smallest absolute Gasteiger partial charge is 0.191 e. The molecule has 2 aliphatic heterocycles. The minimum absolute atomic E-state index is 0.448. The van der Waals surface area contributed by atoms with Crippen LogP contribution in [0.5, 0.6) is 0 Å². The minimum atomic E-state index is 0.448. The molecule has 0 saturated carbocycles. The minimum Gasteiger partial charge on any atom is -0.357 e. The van der Waals surface area contributed by atoms with Crippen LogP contribution in [0.4, 0.5) is 0 Å². The molecular formula is C23H42N6S. The lowest BCUT2D eigenvalue weighted by atomic mass is 10.1. The molecule has 2 saturated heterocycles. The zero-order valence-corrected chi connectivity index (χ0v) is 20.1. The van der Waals surface area contributed by atoms with Crippen molar-refractivity contribution in [3.63, 3.8) is 0 Å². The van der Waals surface area contributed by atoms with Crippen LogP contribution in [-0.4, -0.2) is 92.7 Å². The van der Waals surface area contributed by atoms with Crippen molar-refractivity contribution in [2.24, 2.45) is 10.9 Å². The van der Waals surface area contributed by atoms with Crippen molar-refractivity contribution in [3.05, 3.63) is 22.4 Å². The van der Waals surface area contributed by atoms with Gasteiger partial charge in [-0.05, 0) is 56.8 Å². The lowest BCUT2D eigenvalue weighted by Crippen LogP contribution is -2.47. The summed E-state index contributed by atoms with van der Waals surface area (Å²) in [4.78, 5) is 14.2. The van der Waals surface area contributed by atoms with Gasteiger partial charge in [-0.1, -0.05) is 19.9 Å². The molecule has 6 nitrogen and oxygen atoms in total. The maximum absolute atomic E-state index is 4.93. The number of rotatable bonds is 10. The highest BCUT2D eigenvalue weighted by molar-refractivity contribution is 7.10. The molecule has 0 amide bonds. The van der Waals surface area contributed by atoms with Crippen molar-refractivity contribution in [2.45, 2.75) is 39.7 Å². The van der Waals surface area contributed by atoms with Crippen LogP contribution in [0.1, 0.15) is 44.5 Å². The van der Waals surface area contributed by atoms with Gasteiger partial charge in [0.15, 0.2) is 5.96 Å². The molecule has 2 aliphatic rings. The topological polar surface area (TPSA) is 46.1 Å². The van der Waals surface area contributed by atoms with Gasteiger partial charge < -0.3 is 20.4 Å². The number of nitrogens with one attached hydrogen (secondary N) is 2. The molecule has 2 atom stereocenters. The summed E-state index contributed by atoms with van der Waals surface area (Å²) in [5.74, 6) is 1.53. The first-order valence-electron chi connectivity index (χ1n) is 11.9. The second-order valence-corrected chi connectivity index (χ2v) is 9.69. The van der Waals surface area contributed by atoms with Crippen molar-refractivity contribution in [2.75, 3.05) is 72.0 Å². The van der Waals surface area contributed by atoms with E-state index in [1.807, 2.05) is 11.3 Å². The Morgan fingerprint density at radius 1 is 1.07 bits per heavy atom. The van der Waals surface area contributed by atoms with E-state index in [0.29, 0.717) is 12.0 Å². The van der Waals surface area contributed by atoms with Crippen molar-refractivity contribution in [3.8, 4) is 0 Å². The van der Waals surface area contributed by atoms with Crippen LogP contribution in [-0.2, 0) is 0 Å². The number of thiophene rings is 1. The maximum atomic E-state index is 4.93. The summed E-state index contributed by atoms with van der Waals surface area (Å²) < 4.78 is 0. The Balaban J connectivity index is 1.49. The van der Waals surface area contributed by atoms with Gasteiger partial charge in [-0.2, -0.15) is 0 Å². The summed E-state index contributed by atoms with van der Waals surface area (Å²) in [6, 6.07) is 4.90. The number of likely N-dealkylation sites (tertiary alicyclic amines) is 1. The van der Waals surface area contributed by atoms with Gasteiger partial charge in [0.05, 0.1) is 6.04 Å². The fourth-order valence-electron chi connectivity index (χ4n) is 4.51. The average molecular weight is 435 g/mol. The number of hydrogen-bond donors (Lipinski definition) is 2. The first kappa shape index (κ1) is 23.5. The van der Waals surface area contributed by atoms with E-state index in [1.165, 1.54) is 63.5 Å². The monoisotopic (exact) mass is 434 g/mol. The zero-order chi connectivity index (χ0) is 21.2. The highest BCUT2D eigenvalue weighted by atomic mass is 32.1. The van der Waals surface area contributed by atoms with Crippen LogP contribution < -0.4 is 10.6 Å². The number of nitrogens with zero attached hydrogens (tertiary/aromatic N) is 4. The van der Waals surface area contributed by atoms with E-state index in [-0.39, 0.29) is 0 Å². The lowest BCUT2D eigenvalue weighted by Gasteiger charge is -2.35. The second-order valence-electron chi connectivity index (χ2n) is 8.71. The Morgan fingerprint density at radius 2 is 1.80 bits per heavy atom. The first-order valence-corrected chi connectivity index (χ1v) is 12.8. The van der Waals surface area contributed by atoms with Gasteiger partial charge in [-0.3, -0.25) is 9.89 Å². The van der Waals surface area contributed by atoms with Gasteiger partial charge in [-0.25, -0.2) is 0 Å². The van der Waals surface area contributed by atoms with E-state index >= 15 is 0 Å². The molecule has 3 rings (SSSR count). The van der Waals surface area contributed by atoms with Crippen molar-refractivity contribution < 1.29 is 0 Å². The Hall–Kier alpha value is -1.15. The highest BCUT2D eigenvalue weighted by Gasteiger charge is 2.24. The number of guanidine groups is 1. The van der Waals surface area contributed by atoms with Gasteiger partial charge in [0.25, 0.3) is 0 Å². The third-order valence-corrected chi connectivity index (χ3v) is 7.28. The Bertz CT molecular complexity index is 605. The molecule has 1 aromatic rings. The molecule has 30 heavy (non-hydrogen) atoms. The molecule has 0 aromatic carbocycles. The van der Waals surface area contributed by atoms with Crippen LogP contribution in [0, 0.1) is 5.92 Å². The number of aliphatic imine (C=N–C) groups is 1. The zero-order valence-electron chi connectivity index (χ0n) is 19.3. The molecule has 0 radical (unpaired) electrons. The molecule has 0 bridgehead atoms. The molecule has 3 heterocycles. The fraction of sp³-hybridized carbons (Fsp3) is 0.783. The molecule has 2 N–H and O–H groups in total. The van der Waals surface area contributed by atoms with Crippen LogP contribution in [0.2, 0.25) is 0 Å². The molecule has 170 valence electrons. The SMILES string of the molecule is CCNC(=NCC(C)CN1CCN(CC)CC1)NCC(c1cccs1)N1CCCC1. The number of hydrogen-bond acceptors (Lipinski definition) is 5. The van der Waals surface area contributed by atoms with Gasteiger partial charge in [0.2, 0.25) is 0 Å². The standard InChI is InChI=1S/C23H42N6S/c1-4-24-23(25-17-20(3)19-28-14-12-27(5-2)13-15-28)26-18-21(22-9-8-16-30-22)29-10-6-7-11-29/h8-9,16,20-21H,4-7,10-15,17-19H2,1-3H3,(H2,24,25,26). The summed E-state index contributed by atoms with van der Waals surface area (Å²) in [5, 5.41) is 9.29. The van der Waals surface area contributed by atoms with E-state index in [4.69, 9.17) is 4.99 Å². The molecule has 0 spiro atoms. The molecule has 1 aromatic heterocycles. The third kappa shape index (κ3) is 7.22.